The lowest BCUT2D eigenvalue weighted by atomic mass is 9.95. The van der Waals surface area contributed by atoms with E-state index in [1.165, 1.54) is 6.33 Å². The van der Waals surface area contributed by atoms with Gasteiger partial charge >= 0.3 is 0 Å². The van der Waals surface area contributed by atoms with Crippen LogP contribution in [0.4, 0.5) is 11.5 Å². The summed E-state index contributed by atoms with van der Waals surface area (Å²) >= 11 is 0. The van der Waals surface area contributed by atoms with E-state index in [-0.39, 0.29) is 11.7 Å². The number of aromatic nitrogens is 2. The molecule has 1 aromatic heterocycles. The highest BCUT2D eigenvalue weighted by atomic mass is 16.5. The van der Waals surface area contributed by atoms with Gasteiger partial charge in [-0.2, -0.15) is 4.98 Å². The van der Waals surface area contributed by atoms with E-state index in [2.05, 4.69) is 21.8 Å². The second kappa shape index (κ2) is 5.83. The number of hydrogen-bond acceptors (Lipinski definition) is 6. The molecule has 0 saturated carbocycles. The molecule has 6 nitrogen and oxygen atoms in total. The molecule has 1 aromatic rings. The third-order valence-electron chi connectivity index (χ3n) is 3.62. The standard InChI is InChI=1S/C14H24N4O2/c1-10(2)20-13-11(15)12(16-9-17-13)18-7-5-6-14(3,8-18)19-4/h9-10H,5-8,15H2,1-4H3. The van der Waals surface area contributed by atoms with E-state index in [1.54, 1.807) is 7.11 Å². The van der Waals surface area contributed by atoms with Crippen LogP contribution in [0.1, 0.15) is 33.6 Å². The molecule has 0 aliphatic carbocycles. The molecule has 6 heteroatoms. The first-order valence-electron chi connectivity index (χ1n) is 7.02. The van der Waals surface area contributed by atoms with Gasteiger partial charge in [0.05, 0.1) is 11.7 Å². The summed E-state index contributed by atoms with van der Waals surface area (Å²) in [6, 6.07) is 0. The van der Waals surface area contributed by atoms with Gasteiger partial charge in [-0.25, -0.2) is 4.98 Å². The van der Waals surface area contributed by atoms with E-state index in [1.807, 2.05) is 13.8 Å². The lowest BCUT2D eigenvalue weighted by Crippen LogP contribution is -2.48. The van der Waals surface area contributed by atoms with Crippen molar-refractivity contribution < 1.29 is 9.47 Å². The maximum absolute atomic E-state index is 6.16. The fourth-order valence-corrected chi connectivity index (χ4v) is 2.49. The summed E-state index contributed by atoms with van der Waals surface area (Å²) in [6.45, 7) is 7.70. The molecular formula is C14H24N4O2. The molecule has 1 aliphatic rings. The highest BCUT2D eigenvalue weighted by Crippen LogP contribution is 2.33. The van der Waals surface area contributed by atoms with Crippen LogP contribution >= 0.6 is 0 Å². The second-order valence-corrected chi connectivity index (χ2v) is 5.76. The number of anilines is 2. The molecule has 0 bridgehead atoms. The summed E-state index contributed by atoms with van der Waals surface area (Å²) in [5, 5.41) is 0. The average molecular weight is 280 g/mol. The summed E-state index contributed by atoms with van der Waals surface area (Å²) in [4.78, 5) is 10.6. The molecule has 1 saturated heterocycles. The number of rotatable bonds is 4. The van der Waals surface area contributed by atoms with Crippen molar-refractivity contribution in [3.63, 3.8) is 0 Å². The van der Waals surface area contributed by atoms with Crippen LogP contribution < -0.4 is 15.4 Å². The Morgan fingerprint density at radius 1 is 1.40 bits per heavy atom. The minimum absolute atomic E-state index is 0.0330. The normalized spacial score (nSPS) is 23.1. The smallest absolute Gasteiger partial charge is 0.242 e. The molecule has 1 unspecified atom stereocenters. The monoisotopic (exact) mass is 280 g/mol. The lowest BCUT2D eigenvalue weighted by Gasteiger charge is -2.40. The number of nitrogen functional groups attached to an aromatic ring is 1. The van der Waals surface area contributed by atoms with Crippen molar-refractivity contribution in [2.24, 2.45) is 0 Å². The Balaban J connectivity index is 2.24. The zero-order chi connectivity index (χ0) is 14.8. The van der Waals surface area contributed by atoms with Crippen LogP contribution in [-0.4, -0.2) is 41.9 Å². The molecule has 20 heavy (non-hydrogen) atoms. The largest absolute Gasteiger partial charge is 0.473 e. The first kappa shape index (κ1) is 14.8. The van der Waals surface area contributed by atoms with Gasteiger partial charge in [0.1, 0.15) is 12.0 Å². The Bertz CT molecular complexity index is 466. The van der Waals surface area contributed by atoms with Gasteiger partial charge < -0.3 is 20.1 Å². The van der Waals surface area contributed by atoms with Gasteiger partial charge in [-0.05, 0) is 33.6 Å². The Morgan fingerprint density at radius 3 is 2.80 bits per heavy atom. The third kappa shape index (κ3) is 3.12. The number of methoxy groups -OCH3 is 1. The summed E-state index contributed by atoms with van der Waals surface area (Å²) in [7, 11) is 1.75. The molecule has 1 atom stereocenters. The van der Waals surface area contributed by atoms with Gasteiger partial charge in [0, 0.05) is 20.2 Å². The summed E-state index contributed by atoms with van der Waals surface area (Å²) < 4.78 is 11.2. The molecule has 2 heterocycles. The molecule has 2 N–H and O–H groups in total. The third-order valence-corrected chi connectivity index (χ3v) is 3.62. The molecular weight excluding hydrogens is 256 g/mol. The minimum atomic E-state index is -0.158. The van der Waals surface area contributed by atoms with Crippen LogP contribution in [0.2, 0.25) is 0 Å². The lowest BCUT2D eigenvalue weighted by molar-refractivity contribution is -0.00480. The SMILES string of the molecule is COC1(C)CCCN(c2ncnc(OC(C)C)c2N)C1. The van der Waals surface area contributed by atoms with Gasteiger partial charge in [0.15, 0.2) is 5.82 Å². The minimum Gasteiger partial charge on any atom is -0.473 e. The van der Waals surface area contributed by atoms with E-state index in [0.29, 0.717) is 11.6 Å². The Morgan fingerprint density at radius 2 is 2.15 bits per heavy atom. The quantitative estimate of drug-likeness (QED) is 0.907. The predicted molar refractivity (Wildman–Crippen MR) is 79.1 cm³/mol. The van der Waals surface area contributed by atoms with Crippen molar-refractivity contribution in [1.29, 1.82) is 0 Å². The molecule has 0 amide bonds. The first-order chi connectivity index (χ1) is 9.45. The Labute approximate surface area is 120 Å². The zero-order valence-electron chi connectivity index (χ0n) is 12.7. The van der Waals surface area contributed by atoms with Crippen LogP contribution in [0.15, 0.2) is 6.33 Å². The fraction of sp³-hybridized carbons (Fsp3) is 0.714. The van der Waals surface area contributed by atoms with Crippen molar-refractivity contribution in [1.82, 2.24) is 9.97 Å². The summed E-state index contributed by atoms with van der Waals surface area (Å²) in [5.41, 5.74) is 6.50. The molecule has 1 fully saturated rings. The van der Waals surface area contributed by atoms with Gasteiger partial charge in [0.25, 0.3) is 0 Å². The number of nitrogens with two attached hydrogens (primary N) is 1. The molecule has 0 radical (unpaired) electrons. The first-order valence-corrected chi connectivity index (χ1v) is 7.02. The van der Waals surface area contributed by atoms with Crippen molar-refractivity contribution in [2.45, 2.75) is 45.3 Å². The Kier molecular flexibility index (Phi) is 4.32. The highest BCUT2D eigenvalue weighted by molar-refractivity contribution is 5.68. The zero-order valence-corrected chi connectivity index (χ0v) is 12.7. The predicted octanol–water partition coefficient (Wildman–Crippen LogP) is 1.85. The van der Waals surface area contributed by atoms with Crippen molar-refractivity contribution in [3.05, 3.63) is 6.33 Å². The van der Waals surface area contributed by atoms with Crippen LogP contribution in [0.3, 0.4) is 0 Å². The molecule has 1 aliphatic heterocycles. The van der Waals surface area contributed by atoms with E-state index in [0.717, 1.165) is 31.7 Å². The van der Waals surface area contributed by atoms with Crippen LogP contribution in [0.5, 0.6) is 5.88 Å². The van der Waals surface area contributed by atoms with E-state index >= 15 is 0 Å². The van der Waals surface area contributed by atoms with Crippen molar-refractivity contribution >= 4 is 11.5 Å². The maximum Gasteiger partial charge on any atom is 0.242 e. The number of nitrogens with zero attached hydrogens (tertiary/aromatic N) is 3. The fourth-order valence-electron chi connectivity index (χ4n) is 2.49. The van der Waals surface area contributed by atoms with Gasteiger partial charge in [-0.15, -0.1) is 0 Å². The second-order valence-electron chi connectivity index (χ2n) is 5.76. The topological polar surface area (TPSA) is 73.5 Å². The number of ether oxygens (including phenoxy) is 2. The number of piperidine rings is 1. The van der Waals surface area contributed by atoms with E-state index < -0.39 is 0 Å². The van der Waals surface area contributed by atoms with Gasteiger partial charge in [-0.3, -0.25) is 0 Å². The van der Waals surface area contributed by atoms with Crippen LogP contribution in [0, 0.1) is 0 Å². The van der Waals surface area contributed by atoms with Gasteiger partial charge in [0.2, 0.25) is 5.88 Å². The molecule has 2 rings (SSSR count). The summed E-state index contributed by atoms with van der Waals surface area (Å²) in [5.74, 6) is 1.19. The number of hydrogen-bond donors (Lipinski definition) is 1. The highest BCUT2D eigenvalue weighted by Gasteiger charge is 2.32. The molecule has 112 valence electrons. The summed E-state index contributed by atoms with van der Waals surface area (Å²) in [6.07, 6.45) is 3.63. The van der Waals surface area contributed by atoms with E-state index in [4.69, 9.17) is 15.2 Å². The van der Waals surface area contributed by atoms with Gasteiger partial charge in [-0.1, -0.05) is 0 Å². The Hall–Kier alpha value is -1.56. The maximum atomic E-state index is 6.16. The molecule has 0 spiro atoms. The van der Waals surface area contributed by atoms with Crippen LogP contribution in [0.25, 0.3) is 0 Å². The van der Waals surface area contributed by atoms with Crippen molar-refractivity contribution in [2.75, 3.05) is 30.8 Å². The van der Waals surface area contributed by atoms with E-state index in [9.17, 15) is 0 Å². The van der Waals surface area contributed by atoms with Crippen LogP contribution in [-0.2, 0) is 4.74 Å². The average Bonchev–Trinajstić information content (AvgIpc) is 2.41. The van der Waals surface area contributed by atoms with Crippen molar-refractivity contribution in [3.8, 4) is 5.88 Å². The molecule has 0 aromatic carbocycles.